The Hall–Kier alpha value is -2.11. The molecule has 2 N–H and O–H groups in total. The first kappa shape index (κ1) is 18.2. The number of anilines is 1. The maximum Gasteiger partial charge on any atom is 0.238 e. The average Bonchev–Trinajstić information content (AvgIpc) is 3.34. The Balaban J connectivity index is 0.00000208. The van der Waals surface area contributed by atoms with Gasteiger partial charge in [-0.15, -0.1) is 12.4 Å². The molecule has 0 saturated heterocycles. The van der Waals surface area contributed by atoms with Crippen molar-refractivity contribution in [2.45, 2.75) is 12.8 Å². The van der Waals surface area contributed by atoms with Crippen molar-refractivity contribution in [1.29, 1.82) is 0 Å². The fourth-order valence-electron chi connectivity index (χ4n) is 2.22. The van der Waals surface area contributed by atoms with Gasteiger partial charge in [0.2, 0.25) is 5.91 Å². The lowest BCUT2D eigenvalue weighted by molar-refractivity contribution is -0.115. The molecule has 4 nitrogen and oxygen atoms in total. The third-order valence-corrected chi connectivity index (χ3v) is 3.60. The Morgan fingerprint density at radius 3 is 2.71 bits per heavy atom. The first-order valence-electron chi connectivity index (χ1n) is 7.74. The topological polar surface area (TPSA) is 50.4 Å². The standard InChI is InChI=1S/C18H19FN2O2.ClH/c19-14-4-3-5-15(10-14)23-17-7-2-1-6-16(17)21-18(22)12-20-11-13-8-9-13;/h1-7,10,13,20H,8-9,11-12H2,(H,21,22);1H. The molecule has 0 aromatic heterocycles. The predicted molar refractivity (Wildman–Crippen MR) is 94.4 cm³/mol. The molecule has 1 saturated carbocycles. The van der Waals surface area contributed by atoms with Crippen LogP contribution in [0.3, 0.4) is 0 Å². The molecule has 0 atom stereocenters. The van der Waals surface area contributed by atoms with Crippen molar-refractivity contribution < 1.29 is 13.9 Å². The summed E-state index contributed by atoms with van der Waals surface area (Å²) in [4.78, 5) is 12.0. The number of ether oxygens (including phenoxy) is 1. The second kappa shape index (κ2) is 8.66. The monoisotopic (exact) mass is 350 g/mol. The number of hydrogen-bond acceptors (Lipinski definition) is 3. The van der Waals surface area contributed by atoms with E-state index in [0.717, 1.165) is 12.5 Å². The molecule has 0 heterocycles. The van der Waals surface area contributed by atoms with Gasteiger partial charge in [0.05, 0.1) is 12.2 Å². The third kappa shape index (κ3) is 5.51. The van der Waals surface area contributed by atoms with E-state index in [-0.39, 0.29) is 30.7 Å². The minimum absolute atomic E-state index is 0. The van der Waals surface area contributed by atoms with Crippen LogP contribution in [0.25, 0.3) is 0 Å². The number of carbonyl (C=O) groups excluding carboxylic acids is 1. The van der Waals surface area contributed by atoms with Crippen LogP contribution in [0.1, 0.15) is 12.8 Å². The van der Waals surface area contributed by atoms with Gasteiger partial charge in [0, 0.05) is 6.07 Å². The van der Waals surface area contributed by atoms with E-state index in [1.54, 1.807) is 30.3 Å². The lowest BCUT2D eigenvalue weighted by Gasteiger charge is -2.12. The van der Waals surface area contributed by atoms with Gasteiger partial charge in [-0.05, 0) is 49.6 Å². The molecule has 0 bridgehead atoms. The Morgan fingerprint density at radius 2 is 1.96 bits per heavy atom. The van der Waals surface area contributed by atoms with Crippen LogP contribution in [-0.2, 0) is 4.79 Å². The molecule has 0 spiro atoms. The van der Waals surface area contributed by atoms with Crippen LogP contribution < -0.4 is 15.4 Å². The largest absolute Gasteiger partial charge is 0.455 e. The fraction of sp³-hybridized carbons (Fsp3) is 0.278. The van der Waals surface area contributed by atoms with Crippen molar-refractivity contribution in [1.82, 2.24) is 5.32 Å². The quantitative estimate of drug-likeness (QED) is 0.794. The van der Waals surface area contributed by atoms with Crippen molar-refractivity contribution in [2.24, 2.45) is 5.92 Å². The summed E-state index contributed by atoms with van der Waals surface area (Å²) in [6, 6.07) is 13.0. The summed E-state index contributed by atoms with van der Waals surface area (Å²) in [5, 5.41) is 5.96. The van der Waals surface area contributed by atoms with Gasteiger partial charge in [-0.3, -0.25) is 4.79 Å². The maximum absolute atomic E-state index is 13.2. The van der Waals surface area contributed by atoms with Gasteiger partial charge in [0.1, 0.15) is 11.6 Å². The number of carbonyl (C=O) groups is 1. The number of nitrogens with one attached hydrogen (secondary N) is 2. The summed E-state index contributed by atoms with van der Waals surface area (Å²) in [5.74, 6) is 1.10. The van der Waals surface area contributed by atoms with Crippen molar-refractivity contribution >= 4 is 24.0 Å². The van der Waals surface area contributed by atoms with Gasteiger partial charge in [0.25, 0.3) is 0 Å². The number of para-hydroxylation sites is 2. The highest BCUT2D eigenvalue weighted by atomic mass is 35.5. The third-order valence-electron chi connectivity index (χ3n) is 3.60. The van der Waals surface area contributed by atoms with Crippen LogP contribution >= 0.6 is 12.4 Å². The van der Waals surface area contributed by atoms with E-state index in [1.807, 2.05) is 6.07 Å². The van der Waals surface area contributed by atoms with Gasteiger partial charge < -0.3 is 15.4 Å². The molecule has 2 aromatic rings. The zero-order valence-corrected chi connectivity index (χ0v) is 13.9. The molecule has 6 heteroatoms. The van der Waals surface area contributed by atoms with Crippen molar-refractivity contribution in [3.05, 3.63) is 54.3 Å². The molecule has 0 aliphatic heterocycles. The van der Waals surface area contributed by atoms with Crippen LogP contribution in [0, 0.1) is 11.7 Å². The van der Waals surface area contributed by atoms with Crippen LogP contribution in [-0.4, -0.2) is 19.0 Å². The first-order valence-corrected chi connectivity index (χ1v) is 7.74. The zero-order chi connectivity index (χ0) is 16.1. The number of benzene rings is 2. The predicted octanol–water partition coefficient (Wildman–Crippen LogP) is 3.98. The molecule has 0 radical (unpaired) electrons. The van der Waals surface area contributed by atoms with Crippen LogP contribution in [0.2, 0.25) is 0 Å². The van der Waals surface area contributed by atoms with E-state index in [4.69, 9.17) is 4.74 Å². The normalized spacial score (nSPS) is 13.0. The Kier molecular flexibility index (Phi) is 6.58. The summed E-state index contributed by atoms with van der Waals surface area (Å²) in [6.07, 6.45) is 2.50. The van der Waals surface area contributed by atoms with Gasteiger partial charge in [-0.2, -0.15) is 0 Å². The number of hydrogen-bond donors (Lipinski definition) is 2. The molecule has 1 amide bonds. The van der Waals surface area contributed by atoms with E-state index < -0.39 is 0 Å². The maximum atomic E-state index is 13.2. The fourth-order valence-corrected chi connectivity index (χ4v) is 2.22. The lowest BCUT2D eigenvalue weighted by atomic mass is 10.2. The summed E-state index contributed by atoms with van der Waals surface area (Å²) >= 11 is 0. The van der Waals surface area contributed by atoms with E-state index in [9.17, 15) is 9.18 Å². The molecule has 1 aliphatic rings. The smallest absolute Gasteiger partial charge is 0.238 e. The summed E-state index contributed by atoms with van der Waals surface area (Å²) in [5.41, 5.74) is 0.565. The Morgan fingerprint density at radius 1 is 1.17 bits per heavy atom. The van der Waals surface area contributed by atoms with E-state index >= 15 is 0 Å². The van der Waals surface area contributed by atoms with Crippen molar-refractivity contribution in [3.8, 4) is 11.5 Å². The number of amides is 1. The van der Waals surface area contributed by atoms with Gasteiger partial charge in [0.15, 0.2) is 5.75 Å². The molecule has 1 aliphatic carbocycles. The lowest BCUT2D eigenvalue weighted by Crippen LogP contribution is -2.29. The number of rotatable bonds is 7. The number of halogens is 2. The molecule has 2 aromatic carbocycles. The summed E-state index contributed by atoms with van der Waals surface area (Å²) in [7, 11) is 0. The van der Waals surface area contributed by atoms with Gasteiger partial charge >= 0.3 is 0 Å². The minimum atomic E-state index is -0.367. The second-order valence-electron chi connectivity index (χ2n) is 5.68. The minimum Gasteiger partial charge on any atom is -0.455 e. The Bertz CT molecular complexity index is 692. The van der Waals surface area contributed by atoms with Crippen LogP contribution in [0.5, 0.6) is 11.5 Å². The highest BCUT2D eigenvalue weighted by Crippen LogP contribution is 2.29. The molecule has 0 unspecified atom stereocenters. The van der Waals surface area contributed by atoms with Crippen LogP contribution in [0.15, 0.2) is 48.5 Å². The van der Waals surface area contributed by atoms with Gasteiger partial charge in [-0.25, -0.2) is 4.39 Å². The van der Waals surface area contributed by atoms with E-state index in [1.165, 1.54) is 25.0 Å². The molecular formula is C18H20ClFN2O2. The van der Waals surface area contributed by atoms with Crippen LogP contribution in [0.4, 0.5) is 10.1 Å². The Labute approximate surface area is 146 Å². The highest BCUT2D eigenvalue weighted by Gasteiger charge is 2.20. The summed E-state index contributed by atoms with van der Waals surface area (Å²) in [6.45, 7) is 1.15. The first-order chi connectivity index (χ1) is 11.2. The van der Waals surface area contributed by atoms with Crippen molar-refractivity contribution in [3.63, 3.8) is 0 Å². The van der Waals surface area contributed by atoms with E-state index in [0.29, 0.717) is 17.2 Å². The summed E-state index contributed by atoms with van der Waals surface area (Å²) < 4.78 is 18.9. The average molecular weight is 351 g/mol. The molecule has 1 fully saturated rings. The molecular weight excluding hydrogens is 331 g/mol. The SMILES string of the molecule is Cl.O=C(CNCC1CC1)Nc1ccccc1Oc1cccc(F)c1. The zero-order valence-electron chi connectivity index (χ0n) is 13.1. The van der Waals surface area contributed by atoms with Gasteiger partial charge in [-0.1, -0.05) is 18.2 Å². The highest BCUT2D eigenvalue weighted by molar-refractivity contribution is 5.93. The molecule has 128 valence electrons. The molecule has 3 rings (SSSR count). The van der Waals surface area contributed by atoms with Crippen molar-refractivity contribution in [2.75, 3.05) is 18.4 Å². The second-order valence-corrected chi connectivity index (χ2v) is 5.68. The molecule has 24 heavy (non-hydrogen) atoms. The van der Waals surface area contributed by atoms with E-state index in [2.05, 4.69) is 10.6 Å².